The summed E-state index contributed by atoms with van der Waals surface area (Å²) in [5, 5.41) is 22.3. The second-order valence-electron chi connectivity index (χ2n) is 8.72. The van der Waals surface area contributed by atoms with Gasteiger partial charge in [0.05, 0.1) is 11.0 Å². The van der Waals surface area contributed by atoms with Crippen LogP contribution in [0.2, 0.25) is 0 Å². The number of carbonyl (C=O) groups is 1. The van der Waals surface area contributed by atoms with E-state index in [0.29, 0.717) is 18.6 Å². The SMILES string of the molecule is O=C1CC[C@@]2(O)[C@@H]3Cc4ccc(O)c5c4[C@@]2(CCN3CC2CC2)[C@@H]1O5. The van der Waals surface area contributed by atoms with E-state index in [1.54, 1.807) is 6.07 Å². The number of carbonyl (C=O) groups excluding carboxylic acids is 1. The van der Waals surface area contributed by atoms with Gasteiger partial charge in [0.1, 0.15) is 0 Å². The molecule has 2 saturated carbocycles. The maximum atomic E-state index is 12.7. The molecule has 2 aliphatic heterocycles. The number of phenols is 1. The van der Waals surface area contributed by atoms with Crippen LogP contribution in [0.15, 0.2) is 12.1 Å². The molecule has 0 amide bonds. The number of Topliss-reactive ketones (excluding diaryl/α,β-unsaturated/α-hetero) is 1. The van der Waals surface area contributed by atoms with Crippen LogP contribution in [0, 0.1) is 5.92 Å². The summed E-state index contributed by atoms with van der Waals surface area (Å²) in [4.78, 5) is 15.2. The van der Waals surface area contributed by atoms with Crippen LogP contribution in [0.3, 0.4) is 0 Å². The summed E-state index contributed by atoms with van der Waals surface area (Å²) < 4.78 is 6.04. The van der Waals surface area contributed by atoms with Gasteiger partial charge in [-0.3, -0.25) is 9.69 Å². The lowest BCUT2D eigenvalue weighted by Gasteiger charge is -2.62. The maximum Gasteiger partial charge on any atom is 0.174 e. The molecule has 0 unspecified atom stereocenters. The number of hydrogen-bond donors (Lipinski definition) is 2. The molecule has 0 radical (unpaired) electrons. The van der Waals surface area contributed by atoms with Crippen molar-refractivity contribution in [3.05, 3.63) is 23.3 Å². The standard InChI is InChI=1S/C20H23NO4/c22-13-4-3-12-9-15-20(24)6-5-14(23)18-19(20,16(12)17(13)25-18)7-8-21(15)10-11-1-2-11/h3-4,11,15,18,22,24H,1-2,5-10H2/t15-,18+,19-,20+/m0/s1. The molecule has 4 atom stereocenters. The fourth-order valence-electron chi connectivity index (χ4n) is 6.26. The topological polar surface area (TPSA) is 70.0 Å². The largest absolute Gasteiger partial charge is 0.504 e. The molecule has 5 heteroatoms. The highest BCUT2D eigenvalue weighted by molar-refractivity contribution is 5.90. The van der Waals surface area contributed by atoms with Crippen LogP contribution in [0.4, 0.5) is 0 Å². The summed E-state index contributed by atoms with van der Waals surface area (Å²) in [5.41, 5.74) is 0.454. The summed E-state index contributed by atoms with van der Waals surface area (Å²) in [5.74, 6) is 1.39. The summed E-state index contributed by atoms with van der Waals surface area (Å²) >= 11 is 0. The monoisotopic (exact) mass is 341 g/mol. The van der Waals surface area contributed by atoms with Gasteiger partial charge in [-0.15, -0.1) is 0 Å². The van der Waals surface area contributed by atoms with Crippen LogP contribution in [0.5, 0.6) is 11.5 Å². The zero-order chi connectivity index (χ0) is 17.0. The van der Waals surface area contributed by atoms with Crippen molar-refractivity contribution in [1.82, 2.24) is 4.90 Å². The van der Waals surface area contributed by atoms with Crippen LogP contribution in [0.1, 0.15) is 43.2 Å². The molecule has 6 rings (SSSR count). The first-order chi connectivity index (χ1) is 12.0. The van der Waals surface area contributed by atoms with Gasteiger partial charge in [-0.25, -0.2) is 0 Å². The van der Waals surface area contributed by atoms with Crippen molar-refractivity contribution in [2.24, 2.45) is 5.92 Å². The Morgan fingerprint density at radius 2 is 2.12 bits per heavy atom. The first-order valence-electron chi connectivity index (χ1n) is 9.56. The normalized spacial score (nSPS) is 41.4. The average Bonchev–Trinajstić information content (AvgIpc) is 3.32. The quantitative estimate of drug-likeness (QED) is 0.854. The van der Waals surface area contributed by atoms with E-state index in [1.807, 2.05) is 6.07 Å². The number of hydrogen-bond acceptors (Lipinski definition) is 5. The highest BCUT2D eigenvalue weighted by atomic mass is 16.5. The molecule has 3 aliphatic carbocycles. The Morgan fingerprint density at radius 3 is 2.92 bits per heavy atom. The highest BCUT2D eigenvalue weighted by Gasteiger charge is 2.73. The van der Waals surface area contributed by atoms with Crippen molar-refractivity contribution in [2.75, 3.05) is 13.1 Å². The fraction of sp³-hybridized carbons (Fsp3) is 0.650. The summed E-state index contributed by atoms with van der Waals surface area (Å²) in [7, 11) is 0. The van der Waals surface area contributed by atoms with E-state index in [-0.39, 0.29) is 17.6 Å². The first kappa shape index (κ1) is 14.6. The van der Waals surface area contributed by atoms with E-state index in [4.69, 9.17) is 4.74 Å². The molecule has 5 nitrogen and oxygen atoms in total. The molecule has 2 bridgehead atoms. The summed E-state index contributed by atoms with van der Waals surface area (Å²) in [6.45, 7) is 1.95. The zero-order valence-electron chi connectivity index (χ0n) is 14.2. The maximum absolute atomic E-state index is 12.7. The number of likely N-dealkylation sites (tertiary alicyclic amines) is 1. The van der Waals surface area contributed by atoms with Crippen molar-refractivity contribution in [3.8, 4) is 11.5 Å². The second-order valence-corrected chi connectivity index (χ2v) is 8.72. The number of benzene rings is 1. The number of ketones is 1. The van der Waals surface area contributed by atoms with Gasteiger partial charge >= 0.3 is 0 Å². The van der Waals surface area contributed by atoms with Gasteiger partial charge in [0.15, 0.2) is 23.4 Å². The third kappa shape index (κ3) is 1.56. The van der Waals surface area contributed by atoms with Gasteiger partial charge in [-0.05, 0) is 56.2 Å². The van der Waals surface area contributed by atoms with E-state index < -0.39 is 17.1 Å². The lowest BCUT2D eigenvalue weighted by Crippen LogP contribution is -2.76. The van der Waals surface area contributed by atoms with Gasteiger partial charge in [-0.1, -0.05) is 6.07 Å². The molecule has 2 N–H and O–H groups in total. The lowest BCUT2D eigenvalue weighted by atomic mass is 9.49. The molecule has 2 heterocycles. The number of aliphatic hydroxyl groups is 1. The van der Waals surface area contributed by atoms with Crippen molar-refractivity contribution in [2.45, 2.75) is 61.7 Å². The van der Waals surface area contributed by atoms with Crippen molar-refractivity contribution in [1.29, 1.82) is 0 Å². The minimum absolute atomic E-state index is 0.0454. The van der Waals surface area contributed by atoms with Gasteiger partial charge in [-0.2, -0.15) is 0 Å². The smallest absolute Gasteiger partial charge is 0.174 e. The molecule has 1 saturated heterocycles. The van der Waals surface area contributed by atoms with Gasteiger partial charge in [0.2, 0.25) is 0 Å². The predicted octanol–water partition coefficient (Wildman–Crippen LogP) is 1.53. The molecule has 1 spiro atoms. The Hall–Kier alpha value is -1.59. The van der Waals surface area contributed by atoms with Crippen LogP contribution in [-0.2, 0) is 16.6 Å². The highest BCUT2D eigenvalue weighted by Crippen LogP contribution is 2.64. The minimum atomic E-state index is -0.940. The molecule has 1 aromatic rings. The average molecular weight is 341 g/mol. The fourth-order valence-corrected chi connectivity index (χ4v) is 6.26. The molecule has 25 heavy (non-hydrogen) atoms. The van der Waals surface area contributed by atoms with Crippen LogP contribution in [0.25, 0.3) is 0 Å². The van der Waals surface area contributed by atoms with Gasteiger partial charge in [0, 0.05) is 24.6 Å². The number of aromatic hydroxyl groups is 1. The third-order valence-electron chi connectivity index (χ3n) is 7.56. The van der Waals surface area contributed by atoms with E-state index in [1.165, 1.54) is 12.8 Å². The Kier molecular flexibility index (Phi) is 2.55. The number of ether oxygens (including phenoxy) is 1. The number of piperidine rings is 1. The van der Waals surface area contributed by atoms with E-state index in [2.05, 4.69) is 4.90 Å². The van der Waals surface area contributed by atoms with E-state index in [9.17, 15) is 15.0 Å². The minimum Gasteiger partial charge on any atom is -0.504 e. The number of rotatable bonds is 2. The Balaban J connectivity index is 1.58. The van der Waals surface area contributed by atoms with Crippen LogP contribution >= 0.6 is 0 Å². The van der Waals surface area contributed by atoms with E-state index >= 15 is 0 Å². The molecule has 0 aromatic heterocycles. The Morgan fingerprint density at radius 1 is 1.28 bits per heavy atom. The van der Waals surface area contributed by atoms with Crippen molar-refractivity contribution < 1.29 is 19.7 Å². The van der Waals surface area contributed by atoms with Gasteiger partial charge in [0.25, 0.3) is 0 Å². The molecule has 132 valence electrons. The van der Waals surface area contributed by atoms with E-state index in [0.717, 1.165) is 43.0 Å². The Bertz CT molecular complexity index is 803. The number of phenolic OH excluding ortho intramolecular Hbond substituents is 1. The lowest BCUT2D eigenvalue weighted by molar-refractivity contribution is -0.188. The number of nitrogens with zero attached hydrogens (tertiary/aromatic N) is 1. The van der Waals surface area contributed by atoms with Crippen molar-refractivity contribution >= 4 is 5.78 Å². The third-order valence-corrected chi connectivity index (χ3v) is 7.56. The zero-order valence-corrected chi connectivity index (χ0v) is 14.2. The second kappa shape index (κ2) is 4.38. The predicted molar refractivity (Wildman–Crippen MR) is 89.8 cm³/mol. The molecular weight excluding hydrogens is 318 g/mol. The summed E-state index contributed by atoms with van der Waals surface area (Å²) in [6.07, 6.45) is 4.33. The molecular formula is C20H23NO4. The van der Waals surface area contributed by atoms with Crippen LogP contribution < -0.4 is 4.74 Å². The molecule has 5 aliphatic rings. The Labute approximate surface area is 146 Å². The molecule has 3 fully saturated rings. The van der Waals surface area contributed by atoms with Crippen molar-refractivity contribution in [3.63, 3.8) is 0 Å². The van der Waals surface area contributed by atoms with Crippen LogP contribution in [-0.4, -0.2) is 51.7 Å². The van der Waals surface area contributed by atoms with Gasteiger partial charge < -0.3 is 14.9 Å². The summed E-state index contributed by atoms with van der Waals surface area (Å²) in [6, 6.07) is 3.69. The molecule has 1 aromatic carbocycles. The first-order valence-corrected chi connectivity index (χ1v) is 9.56.